The van der Waals surface area contributed by atoms with Crippen LogP contribution in [-0.4, -0.2) is 30.2 Å². The van der Waals surface area contributed by atoms with E-state index < -0.39 is 0 Å². The minimum absolute atomic E-state index is 0.141. The van der Waals surface area contributed by atoms with Crippen molar-refractivity contribution < 1.29 is 0 Å². The maximum atomic E-state index is 13.4. The molecule has 0 aliphatic rings. The molecule has 2 aromatic heterocycles. The molecule has 0 aliphatic carbocycles. The topological polar surface area (TPSA) is 89.4 Å². The molecule has 0 saturated carbocycles. The molecule has 6 rings (SSSR count). The van der Waals surface area contributed by atoms with Crippen LogP contribution in [0.25, 0.3) is 33.4 Å². The van der Waals surface area contributed by atoms with Gasteiger partial charge in [0.25, 0.3) is 5.56 Å². The highest BCUT2D eigenvalue weighted by molar-refractivity contribution is 5.83. The number of nitrogens with zero attached hydrogens (tertiary/aromatic N) is 5. The van der Waals surface area contributed by atoms with Crippen LogP contribution in [0.4, 0.5) is 0 Å². The molecule has 6 aromatic rings. The van der Waals surface area contributed by atoms with Gasteiger partial charge in [-0.25, -0.2) is 0 Å². The van der Waals surface area contributed by atoms with Gasteiger partial charge in [-0.15, -0.1) is 10.2 Å². The number of aromatic nitrogens is 6. The van der Waals surface area contributed by atoms with Crippen LogP contribution < -0.4 is 5.56 Å². The summed E-state index contributed by atoms with van der Waals surface area (Å²) in [6.45, 7) is 2.79. The fourth-order valence-corrected chi connectivity index (χ4v) is 5.27. The lowest BCUT2D eigenvalue weighted by Gasteiger charge is -2.18. The first-order valence-electron chi connectivity index (χ1n) is 13.7. The first-order chi connectivity index (χ1) is 19.7. The zero-order valence-electron chi connectivity index (χ0n) is 22.4. The third-order valence-corrected chi connectivity index (χ3v) is 7.29. The highest BCUT2D eigenvalue weighted by Gasteiger charge is 2.15. The number of hydrogen-bond donors (Lipinski definition) is 1. The van der Waals surface area contributed by atoms with E-state index >= 15 is 0 Å². The van der Waals surface area contributed by atoms with Gasteiger partial charge in [0.15, 0.2) is 0 Å². The minimum Gasteiger partial charge on any atom is -0.325 e. The summed E-state index contributed by atoms with van der Waals surface area (Å²) in [7, 11) is 0. The lowest BCUT2D eigenvalue weighted by Crippen LogP contribution is -2.21. The van der Waals surface area contributed by atoms with E-state index in [4.69, 9.17) is 0 Å². The lowest BCUT2D eigenvalue weighted by atomic mass is 9.98. The zero-order valence-corrected chi connectivity index (χ0v) is 22.4. The SMILES string of the molecule is CCCCc1nc(=O)c2c(Cc3ccccc3)cccc2n1Cc1ccc(-c2ccccc2-c2nn[nH]n2)cc1. The molecule has 0 spiro atoms. The summed E-state index contributed by atoms with van der Waals surface area (Å²) in [6.07, 6.45) is 3.47. The van der Waals surface area contributed by atoms with Crippen molar-refractivity contribution in [3.8, 4) is 22.5 Å². The van der Waals surface area contributed by atoms with Gasteiger partial charge in [0.05, 0.1) is 10.9 Å². The smallest absolute Gasteiger partial charge is 0.281 e. The predicted molar refractivity (Wildman–Crippen MR) is 158 cm³/mol. The van der Waals surface area contributed by atoms with Crippen molar-refractivity contribution in [2.24, 2.45) is 0 Å². The minimum atomic E-state index is -0.141. The Hall–Kier alpha value is -4.91. The fourth-order valence-electron chi connectivity index (χ4n) is 5.27. The van der Waals surface area contributed by atoms with Crippen LogP contribution >= 0.6 is 0 Å². The van der Waals surface area contributed by atoms with Crippen LogP contribution in [-0.2, 0) is 19.4 Å². The van der Waals surface area contributed by atoms with E-state index in [-0.39, 0.29) is 5.56 Å². The van der Waals surface area contributed by atoms with Gasteiger partial charge in [0, 0.05) is 18.5 Å². The number of rotatable bonds is 9. The number of H-pyrrole nitrogens is 1. The van der Waals surface area contributed by atoms with Crippen LogP contribution in [0.1, 0.15) is 42.3 Å². The van der Waals surface area contributed by atoms with E-state index in [9.17, 15) is 4.79 Å². The Bertz CT molecular complexity index is 1790. The average Bonchev–Trinajstić information content (AvgIpc) is 3.54. The van der Waals surface area contributed by atoms with E-state index in [2.05, 4.69) is 91.7 Å². The second-order valence-corrected chi connectivity index (χ2v) is 9.97. The average molecular weight is 527 g/mol. The molecule has 0 aliphatic heterocycles. The summed E-state index contributed by atoms with van der Waals surface area (Å²) in [5.74, 6) is 1.40. The molecule has 0 unspecified atom stereocenters. The Morgan fingerprint density at radius 3 is 2.33 bits per heavy atom. The second kappa shape index (κ2) is 11.5. The normalized spacial score (nSPS) is 11.2. The Morgan fingerprint density at radius 2 is 1.57 bits per heavy atom. The van der Waals surface area contributed by atoms with Crippen molar-refractivity contribution in [3.63, 3.8) is 0 Å². The molecule has 0 amide bonds. The number of unbranched alkanes of at least 4 members (excludes halogenated alkanes) is 1. The van der Waals surface area contributed by atoms with Gasteiger partial charge < -0.3 is 4.57 Å². The molecular weight excluding hydrogens is 496 g/mol. The number of fused-ring (bicyclic) bond motifs is 1. The van der Waals surface area contributed by atoms with E-state index in [1.807, 2.05) is 42.5 Å². The van der Waals surface area contributed by atoms with Crippen LogP contribution in [0.5, 0.6) is 0 Å². The lowest BCUT2D eigenvalue weighted by molar-refractivity contribution is 0.669. The number of tetrazole rings is 1. The first kappa shape index (κ1) is 25.4. The maximum absolute atomic E-state index is 13.4. The van der Waals surface area contributed by atoms with Crippen LogP contribution in [0.15, 0.2) is 102 Å². The molecule has 0 radical (unpaired) electrons. The van der Waals surface area contributed by atoms with E-state index in [0.717, 1.165) is 58.4 Å². The molecule has 0 saturated heterocycles. The number of nitrogens with one attached hydrogen (secondary N) is 1. The Balaban J connectivity index is 1.39. The first-order valence-corrected chi connectivity index (χ1v) is 13.7. The van der Waals surface area contributed by atoms with Crippen LogP contribution in [0, 0.1) is 0 Å². The summed E-state index contributed by atoms with van der Waals surface area (Å²) < 4.78 is 2.23. The van der Waals surface area contributed by atoms with Gasteiger partial charge in [-0.1, -0.05) is 104 Å². The maximum Gasteiger partial charge on any atom is 0.281 e. The third-order valence-electron chi connectivity index (χ3n) is 7.29. The van der Waals surface area contributed by atoms with Gasteiger partial charge in [-0.2, -0.15) is 10.2 Å². The van der Waals surface area contributed by atoms with E-state index in [1.54, 1.807) is 0 Å². The second-order valence-electron chi connectivity index (χ2n) is 9.97. The van der Waals surface area contributed by atoms with Gasteiger partial charge in [0.1, 0.15) is 5.82 Å². The monoisotopic (exact) mass is 526 g/mol. The van der Waals surface area contributed by atoms with E-state index in [1.165, 1.54) is 5.56 Å². The predicted octanol–water partition coefficient (Wildman–Crippen LogP) is 6.23. The summed E-state index contributed by atoms with van der Waals surface area (Å²) in [5.41, 5.74) is 7.15. The summed E-state index contributed by atoms with van der Waals surface area (Å²) in [5, 5.41) is 15.3. The number of hydrogen-bond acceptors (Lipinski definition) is 5. The van der Waals surface area contributed by atoms with Crippen molar-refractivity contribution >= 4 is 10.9 Å². The Morgan fingerprint density at radius 1 is 0.800 bits per heavy atom. The summed E-state index contributed by atoms with van der Waals surface area (Å²) >= 11 is 0. The largest absolute Gasteiger partial charge is 0.325 e. The quantitative estimate of drug-likeness (QED) is 0.241. The van der Waals surface area contributed by atoms with Gasteiger partial charge >= 0.3 is 0 Å². The van der Waals surface area contributed by atoms with Gasteiger partial charge in [0.2, 0.25) is 5.82 Å². The van der Waals surface area contributed by atoms with Crippen molar-refractivity contribution in [1.29, 1.82) is 0 Å². The Kier molecular flexibility index (Phi) is 7.26. The van der Waals surface area contributed by atoms with Gasteiger partial charge in [-0.05, 0) is 51.9 Å². The number of aromatic amines is 1. The summed E-state index contributed by atoms with van der Waals surface area (Å²) in [4.78, 5) is 18.0. The molecule has 198 valence electrons. The highest BCUT2D eigenvalue weighted by Crippen LogP contribution is 2.30. The molecule has 1 N–H and O–H groups in total. The molecule has 7 nitrogen and oxygen atoms in total. The van der Waals surface area contributed by atoms with Crippen molar-refractivity contribution in [2.45, 2.75) is 39.2 Å². The molecule has 0 fully saturated rings. The number of benzene rings is 4. The van der Waals surface area contributed by atoms with Crippen LogP contribution in [0.2, 0.25) is 0 Å². The molecule has 7 heteroatoms. The molecule has 40 heavy (non-hydrogen) atoms. The standard InChI is InChI=1S/C33H30N6O/c1-2-3-16-30-34-33(40)31-26(21-23-10-5-4-6-11-23)12-9-15-29(31)39(30)22-24-17-19-25(20-18-24)27-13-7-8-14-28(27)32-35-37-38-36-32/h4-15,17-20H,2-3,16,21-22H2,1H3,(H,35,36,37,38). The van der Waals surface area contributed by atoms with Crippen molar-refractivity contribution in [3.05, 3.63) is 130 Å². The summed E-state index contributed by atoms with van der Waals surface area (Å²) in [6, 6.07) is 33.0. The van der Waals surface area contributed by atoms with Crippen molar-refractivity contribution in [1.82, 2.24) is 30.2 Å². The van der Waals surface area contributed by atoms with Crippen molar-refractivity contribution in [2.75, 3.05) is 0 Å². The zero-order chi connectivity index (χ0) is 27.3. The Labute approximate surface area is 232 Å². The fraction of sp³-hybridized carbons (Fsp3) is 0.182. The molecular formula is C33H30N6O. The molecule has 2 heterocycles. The van der Waals surface area contributed by atoms with Crippen LogP contribution in [0.3, 0.4) is 0 Å². The molecule has 0 bridgehead atoms. The highest BCUT2D eigenvalue weighted by atomic mass is 16.1. The molecule has 4 aromatic carbocycles. The molecule has 0 atom stereocenters. The van der Waals surface area contributed by atoms with E-state index in [0.29, 0.717) is 24.2 Å². The number of aryl methyl sites for hydroxylation is 1. The van der Waals surface area contributed by atoms with Gasteiger partial charge in [-0.3, -0.25) is 4.79 Å². The third kappa shape index (κ3) is 5.18.